The quantitative estimate of drug-likeness (QED) is 0.761. The standard InChI is InChI=1S/C20H24N2O4S/c23-20(24)14-21-13-16-5-4-12-22(15-16)27(25,26)19-10-8-18(9-11-19)17-6-2-1-3-7-17/h1-3,6-11,16,21H,4-5,12-15H2,(H,23,24). The Balaban J connectivity index is 1.69. The summed E-state index contributed by atoms with van der Waals surface area (Å²) in [5, 5.41) is 11.6. The van der Waals surface area contributed by atoms with Crippen LogP contribution < -0.4 is 5.32 Å². The van der Waals surface area contributed by atoms with E-state index in [2.05, 4.69) is 5.32 Å². The average Bonchev–Trinajstić information content (AvgIpc) is 2.69. The summed E-state index contributed by atoms with van der Waals surface area (Å²) in [6, 6.07) is 16.8. The fourth-order valence-corrected chi connectivity index (χ4v) is 4.95. The van der Waals surface area contributed by atoms with Crippen molar-refractivity contribution >= 4 is 16.0 Å². The monoisotopic (exact) mass is 388 g/mol. The third-order valence-corrected chi connectivity index (χ3v) is 6.67. The SMILES string of the molecule is O=C(O)CNCC1CCCN(S(=O)(=O)c2ccc(-c3ccccc3)cc2)C1. The van der Waals surface area contributed by atoms with Crippen molar-refractivity contribution in [1.29, 1.82) is 0 Å². The van der Waals surface area contributed by atoms with Crippen LogP contribution in [0.5, 0.6) is 0 Å². The molecule has 2 aromatic rings. The maximum Gasteiger partial charge on any atom is 0.317 e. The third kappa shape index (κ3) is 4.94. The molecule has 1 saturated heterocycles. The summed E-state index contributed by atoms with van der Waals surface area (Å²) in [5.41, 5.74) is 2.02. The maximum absolute atomic E-state index is 13.0. The molecule has 27 heavy (non-hydrogen) atoms. The minimum Gasteiger partial charge on any atom is -0.480 e. The zero-order chi connectivity index (χ0) is 19.3. The second-order valence-corrected chi connectivity index (χ2v) is 8.72. The van der Waals surface area contributed by atoms with Gasteiger partial charge in [0.25, 0.3) is 0 Å². The molecule has 0 amide bonds. The van der Waals surface area contributed by atoms with Gasteiger partial charge in [-0.2, -0.15) is 4.31 Å². The Hall–Kier alpha value is -2.22. The summed E-state index contributed by atoms with van der Waals surface area (Å²) in [5.74, 6) is -0.787. The topological polar surface area (TPSA) is 86.7 Å². The van der Waals surface area contributed by atoms with Crippen LogP contribution in [-0.4, -0.2) is 50.0 Å². The number of nitrogens with zero attached hydrogens (tertiary/aromatic N) is 1. The van der Waals surface area contributed by atoms with Crippen LogP contribution in [0.1, 0.15) is 12.8 Å². The number of piperidine rings is 1. The van der Waals surface area contributed by atoms with Gasteiger partial charge in [0.1, 0.15) is 0 Å². The highest BCUT2D eigenvalue weighted by atomic mass is 32.2. The molecule has 0 aliphatic carbocycles. The minimum atomic E-state index is -3.55. The predicted octanol–water partition coefficient (Wildman–Crippen LogP) is 2.43. The number of hydrogen-bond acceptors (Lipinski definition) is 4. The molecular weight excluding hydrogens is 364 g/mol. The fraction of sp³-hybridized carbons (Fsp3) is 0.350. The molecule has 1 heterocycles. The van der Waals surface area contributed by atoms with E-state index in [1.165, 1.54) is 4.31 Å². The molecule has 0 radical (unpaired) electrons. The normalized spacial score (nSPS) is 18.3. The van der Waals surface area contributed by atoms with Gasteiger partial charge in [0.05, 0.1) is 11.4 Å². The van der Waals surface area contributed by atoms with Crippen molar-refractivity contribution in [3.63, 3.8) is 0 Å². The van der Waals surface area contributed by atoms with Gasteiger partial charge in [-0.25, -0.2) is 8.42 Å². The van der Waals surface area contributed by atoms with Crippen LogP contribution in [0.25, 0.3) is 11.1 Å². The number of aliphatic carboxylic acids is 1. The van der Waals surface area contributed by atoms with E-state index in [1.807, 2.05) is 42.5 Å². The lowest BCUT2D eigenvalue weighted by Crippen LogP contribution is -2.43. The molecule has 7 heteroatoms. The minimum absolute atomic E-state index is 0.107. The zero-order valence-electron chi connectivity index (χ0n) is 15.0. The summed E-state index contributed by atoms with van der Waals surface area (Å²) >= 11 is 0. The van der Waals surface area contributed by atoms with Crippen molar-refractivity contribution in [1.82, 2.24) is 9.62 Å². The first-order valence-corrected chi connectivity index (χ1v) is 10.5. The van der Waals surface area contributed by atoms with E-state index in [0.29, 0.717) is 24.5 Å². The number of carboxylic acid groups (broad SMARTS) is 1. The highest BCUT2D eigenvalue weighted by Gasteiger charge is 2.30. The second-order valence-electron chi connectivity index (χ2n) is 6.79. The van der Waals surface area contributed by atoms with Gasteiger partial charge in [-0.15, -0.1) is 0 Å². The highest BCUT2D eigenvalue weighted by Crippen LogP contribution is 2.26. The average molecular weight is 388 g/mol. The van der Waals surface area contributed by atoms with E-state index < -0.39 is 16.0 Å². The van der Waals surface area contributed by atoms with E-state index in [0.717, 1.165) is 24.0 Å². The maximum atomic E-state index is 13.0. The van der Waals surface area contributed by atoms with E-state index in [1.54, 1.807) is 12.1 Å². The molecule has 6 nitrogen and oxygen atoms in total. The highest BCUT2D eigenvalue weighted by molar-refractivity contribution is 7.89. The molecular formula is C20H24N2O4S. The van der Waals surface area contributed by atoms with Crippen LogP contribution in [-0.2, 0) is 14.8 Å². The molecule has 0 aromatic heterocycles. The summed E-state index contributed by atoms with van der Waals surface area (Å²) in [4.78, 5) is 10.9. The summed E-state index contributed by atoms with van der Waals surface area (Å²) in [7, 11) is -3.55. The van der Waals surface area contributed by atoms with Crippen molar-refractivity contribution in [2.75, 3.05) is 26.2 Å². The molecule has 1 fully saturated rings. The third-order valence-electron chi connectivity index (χ3n) is 4.79. The van der Waals surface area contributed by atoms with Gasteiger partial charge in [0.15, 0.2) is 0 Å². The smallest absolute Gasteiger partial charge is 0.317 e. The van der Waals surface area contributed by atoms with Gasteiger partial charge in [-0.3, -0.25) is 4.79 Å². The van der Waals surface area contributed by atoms with Crippen molar-refractivity contribution in [2.45, 2.75) is 17.7 Å². The van der Waals surface area contributed by atoms with Crippen molar-refractivity contribution < 1.29 is 18.3 Å². The van der Waals surface area contributed by atoms with Gasteiger partial charge in [-0.1, -0.05) is 42.5 Å². The lowest BCUT2D eigenvalue weighted by atomic mass is 10.00. The van der Waals surface area contributed by atoms with Gasteiger partial charge in [-0.05, 0) is 48.6 Å². The van der Waals surface area contributed by atoms with E-state index in [4.69, 9.17) is 5.11 Å². The first kappa shape index (κ1) is 19.5. The molecule has 1 atom stereocenters. The molecule has 2 N–H and O–H groups in total. The summed E-state index contributed by atoms with van der Waals surface area (Å²) in [6.45, 7) is 1.31. The van der Waals surface area contributed by atoms with Crippen molar-refractivity contribution in [3.8, 4) is 11.1 Å². The second kappa shape index (κ2) is 8.65. The Labute approximate surface area is 159 Å². The lowest BCUT2D eigenvalue weighted by molar-refractivity contribution is -0.136. The van der Waals surface area contributed by atoms with Crippen molar-refractivity contribution in [3.05, 3.63) is 54.6 Å². The number of benzene rings is 2. The van der Waals surface area contributed by atoms with E-state index >= 15 is 0 Å². The van der Waals surface area contributed by atoms with E-state index in [-0.39, 0.29) is 12.5 Å². The largest absolute Gasteiger partial charge is 0.480 e. The van der Waals surface area contributed by atoms with E-state index in [9.17, 15) is 13.2 Å². The Morgan fingerprint density at radius 3 is 2.41 bits per heavy atom. The van der Waals surface area contributed by atoms with Crippen LogP contribution in [0.4, 0.5) is 0 Å². The van der Waals surface area contributed by atoms with Crippen LogP contribution >= 0.6 is 0 Å². The lowest BCUT2D eigenvalue weighted by Gasteiger charge is -2.32. The zero-order valence-corrected chi connectivity index (χ0v) is 15.9. The predicted molar refractivity (Wildman–Crippen MR) is 104 cm³/mol. The first-order valence-electron chi connectivity index (χ1n) is 9.05. The molecule has 1 aliphatic rings. The van der Waals surface area contributed by atoms with Crippen LogP contribution in [0, 0.1) is 5.92 Å². The number of carbonyl (C=O) groups is 1. The Morgan fingerprint density at radius 2 is 1.74 bits per heavy atom. The number of rotatable bonds is 7. The Bertz CT molecular complexity index is 867. The Morgan fingerprint density at radius 1 is 1.07 bits per heavy atom. The first-order chi connectivity index (χ1) is 13.0. The molecule has 0 saturated carbocycles. The molecule has 1 unspecified atom stereocenters. The van der Waals surface area contributed by atoms with Gasteiger partial charge in [0.2, 0.25) is 10.0 Å². The van der Waals surface area contributed by atoms with Crippen molar-refractivity contribution in [2.24, 2.45) is 5.92 Å². The number of sulfonamides is 1. The summed E-state index contributed by atoms with van der Waals surface area (Å²) in [6.07, 6.45) is 1.67. The van der Waals surface area contributed by atoms with Crippen LogP contribution in [0.15, 0.2) is 59.5 Å². The molecule has 0 spiro atoms. The molecule has 2 aromatic carbocycles. The summed E-state index contributed by atoms with van der Waals surface area (Å²) < 4.78 is 27.5. The molecule has 3 rings (SSSR count). The molecule has 1 aliphatic heterocycles. The molecule has 0 bridgehead atoms. The molecule has 144 valence electrons. The van der Waals surface area contributed by atoms with Gasteiger partial charge >= 0.3 is 5.97 Å². The number of nitrogens with one attached hydrogen (secondary N) is 1. The number of hydrogen-bond donors (Lipinski definition) is 2. The fourth-order valence-electron chi connectivity index (χ4n) is 3.39. The number of carboxylic acids is 1. The van der Waals surface area contributed by atoms with Gasteiger partial charge < -0.3 is 10.4 Å². The van der Waals surface area contributed by atoms with Crippen LogP contribution in [0.2, 0.25) is 0 Å². The Kier molecular flexibility index (Phi) is 6.26. The van der Waals surface area contributed by atoms with Gasteiger partial charge in [0, 0.05) is 13.1 Å². The van der Waals surface area contributed by atoms with Crippen LogP contribution in [0.3, 0.4) is 0 Å².